The monoisotopic (exact) mass is 428 g/mol. The van der Waals surface area contributed by atoms with Crippen molar-refractivity contribution < 1.29 is 13.2 Å². The first-order chi connectivity index (χ1) is 14.4. The number of fused-ring (bicyclic) bond motifs is 2. The van der Waals surface area contributed by atoms with E-state index < -0.39 is 10.0 Å². The quantitative estimate of drug-likeness (QED) is 0.737. The number of para-hydroxylation sites is 1. The van der Waals surface area contributed by atoms with Crippen LogP contribution in [-0.2, 0) is 16.6 Å². The Morgan fingerprint density at radius 1 is 1.03 bits per heavy atom. The molecule has 2 aromatic carbocycles. The Morgan fingerprint density at radius 2 is 1.73 bits per heavy atom. The van der Waals surface area contributed by atoms with Gasteiger partial charge in [-0.2, -0.15) is 4.31 Å². The lowest BCUT2D eigenvalue weighted by Gasteiger charge is -2.32. The Kier molecular flexibility index (Phi) is 6.19. The highest BCUT2D eigenvalue weighted by atomic mass is 32.2. The summed E-state index contributed by atoms with van der Waals surface area (Å²) < 4.78 is 35.2. The van der Waals surface area contributed by atoms with Crippen LogP contribution in [0.5, 0.6) is 5.75 Å². The van der Waals surface area contributed by atoms with E-state index in [0.717, 1.165) is 32.5 Å². The number of aryl methyl sites for hydroxylation is 1. The van der Waals surface area contributed by atoms with Gasteiger partial charge in [0, 0.05) is 26.2 Å². The maximum absolute atomic E-state index is 13.6. The van der Waals surface area contributed by atoms with Gasteiger partial charge in [-0.3, -0.25) is 4.90 Å². The molecular formula is C24H32N2O3S. The SMILES string of the molecule is Cc1ccccc1CN1CC[C@@H]2Oc3ccccc3S(=O)(=O)N(CC(C)C)[C@H]2CC1. The molecule has 6 heteroatoms. The maximum Gasteiger partial charge on any atom is 0.247 e. The van der Waals surface area contributed by atoms with E-state index in [1.54, 1.807) is 22.5 Å². The molecule has 0 bridgehead atoms. The molecule has 0 unspecified atom stereocenters. The van der Waals surface area contributed by atoms with Crippen LogP contribution < -0.4 is 4.74 Å². The number of ether oxygens (including phenoxy) is 1. The van der Waals surface area contributed by atoms with Crippen molar-refractivity contribution in [3.63, 3.8) is 0 Å². The first-order valence-corrected chi connectivity index (χ1v) is 12.3. The number of likely N-dealkylation sites (tertiary alicyclic amines) is 1. The standard InChI is InChI=1S/C24H32N2O3S/c1-18(2)16-26-21-12-14-25(17-20-9-5-4-8-19(20)3)15-13-22(21)29-23-10-6-7-11-24(23)30(26,27)28/h4-11,18,21-22H,12-17H2,1-3H3/t21-,22-/m0/s1. The highest BCUT2D eigenvalue weighted by Crippen LogP contribution is 2.37. The molecule has 5 nitrogen and oxygen atoms in total. The van der Waals surface area contributed by atoms with E-state index >= 15 is 0 Å². The van der Waals surface area contributed by atoms with E-state index in [-0.39, 0.29) is 18.1 Å². The zero-order valence-corrected chi connectivity index (χ0v) is 18.9. The molecule has 0 N–H and O–H groups in total. The molecule has 2 heterocycles. The van der Waals surface area contributed by atoms with Crippen molar-refractivity contribution in [1.29, 1.82) is 0 Å². The number of nitrogens with zero attached hydrogens (tertiary/aromatic N) is 2. The van der Waals surface area contributed by atoms with Crippen molar-refractivity contribution in [3.8, 4) is 5.75 Å². The molecule has 0 amide bonds. The second-order valence-corrected chi connectivity index (χ2v) is 10.8. The number of rotatable bonds is 4. The van der Waals surface area contributed by atoms with Crippen molar-refractivity contribution in [2.24, 2.45) is 5.92 Å². The van der Waals surface area contributed by atoms with Crippen LogP contribution in [0, 0.1) is 12.8 Å². The van der Waals surface area contributed by atoms with Crippen molar-refractivity contribution in [2.45, 2.75) is 57.2 Å². The van der Waals surface area contributed by atoms with Gasteiger partial charge in [0.25, 0.3) is 0 Å². The minimum Gasteiger partial charge on any atom is -0.487 e. The number of benzene rings is 2. The summed E-state index contributed by atoms with van der Waals surface area (Å²) in [5.74, 6) is 0.739. The smallest absolute Gasteiger partial charge is 0.247 e. The zero-order chi connectivity index (χ0) is 21.3. The fraction of sp³-hybridized carbons (Fsp3) is 0.500. The third-order valence-corrected chi connectivity index (χ3v) is 8.11. The topological polar surface area (TPSA) is 49.9 Å². The highest BCUT2D eigenvalue weighted by molar-refractivity contribution is 7.89. The molecule has 4 rings (SSSR count). The van der Waals surface area contributed by atoms with Crippen LogP contribution in [0.25, 0.3) is 0 Å². The Balaban J connectivity index is 1.63. The average molecular weight is 429 g/mol. The molecule has 0 spiro atoms. The average Bonchev–Trinajstić information content (AvgIpc) is 2.94. The van der Waals surface area contributed by atoms with Gasteiger partial charge in [-0.1, -0.05) is 50.2 Å². The van der Waals surface area contributed by atoms with E-state index in [0.29, 0.717) is 17.2 Å². The summed E-state index contributed by atoms with van der Waals surface area (Å²) >= 11 is 0. The fourth-order valence-corrected chi connectivity index (χ4v) is 6.56. The predicted molar refractivity (Wildman–Crippen MR) is 119 cm³/mol. The van der Waals surface area contributed by atoms with Gasteiger partial charge in [0.15, 0.2) is 0 Å². The molecule has 2 atom stereocenters. The van der Waals surface area contributed by atoms with Crippen LogP contribution >= 0.6 is 0 Å². The van der Waals surface area contributed by atoms with Gasteiger partial charge < -0.3 is 4.74 Å². The van der Waals surface area contributed by atoms with Crippen LogP contribution in [0.3, 0.4) is 0 Å². The summed E-state index contributed by atoms with van der Waals surface area (Å²) in [5, 5.41) is 0. The fourth-order valence-electron chi connectivity index (χ4n) is 4.59. The molecule has 0 aliphatic carbocycles. The lowest BCUT2D eigenvalue weighted by atomic mass is 10.0. The molecule has 0 radical (unpaired) electrons. The summed E-state index contributed by atoms with van der Waals surface area (Å²) in [5.41, 5.74) is 2.63. The summed E-state index contributed by atoms with van der Waals surface area (Å²) in [4.78, 5) is 2.74. The van der Waals surface area contributed by atoms with Gasteiger partial charge in [-0.15, -0.1) is 0 Å². The minimum absolute atomic E-state index is 0.135. The molecule has 30 heavy (non-hydrogen) atoms. The minimum atomic E-state index is -3.59. The normalized spacial score (nSPS) is 24.4. The van der Waals surface area contributed by atoms with E-state index in [1.807, 2.05) is 6.07 Å². The van der Waals surface area contributed by atoms with E-state index in [1.165, 1.54) is 11.1 Å². The first kappa shape index (κ1) is 21.3. The maximum atomic E-state index is 13.6. The molecular weight excluding hydrogens is 396 g/mol. The van der Waals surface area contributed by atoms with Crippen LogP contribution in [0.1, 0.15) is 37.8 Å². The first-order valence-electron chi connectivity index (χ1n) is 10.9. The highest BCUT2D eigenvalue weighted by Gasteiger charge is 2.43. The predicted octanol–water partition coefficient (Wildman–Crippen LogP) is 4.07. The van der Waals surface area contributed by atoms with Gasteiger partial charge in [-0.05, 0) is 48.9 Å². The Labute approximate surface area is 180 Å². The molecule has 0 saturated carbocycles. The zero-order valence-electron chi connectivity index (χ0n) is 18.1. The third kappa shape index (κ3) is 4.27. The number of sulfonamides is 1. The van der Waals surface area contributed by atoms with Gasteiger partial charge in [0.2, 0.25) is 10.0 Å². The lowest BCUT2D eigenvalue weighted by molar-refractivity contribution is 0.108. The van der Waals surface area contributed by atoms with Gasteiger partial charge in [0.1, 0.15) is 16.7 Å². The molecule has 2 aliphatic heterocycles. The second kappa shape index (κ2) is 8.69. The molecule has 0 aromatic heterocycles. The lowest BCUT2D eigenvalue weighted by Crippen LogP contribution is -2.48. The van der Waals surface area contributed by atoms with Crippen molar-refractivity contribution >= 4 is 10.0 Å². The molecule has 2 aliphatic rings. The van der Waals surface area contributed by atoms with Crippen LogP contribution in [0.4, 0.5) is 0 Å². The Morgan fingerprint density at radius 3 is 2.50 bits per heavy atom. The Hall–Kier alpha value is -1.89. The molecule has 2 aromatic rings. The Bertz CT molecular complexity index is 989. The van der Waals surface area contributed by atoms with E-state index in [9.17, 15) is 8.42 Å². The van der Waals surface area contributed by atoms with Crippen molar-refractivity contribution in [1.82, 2.24) is 9.21 Å². The number of hydrogen-bond acceptors (Lipinski definition) is 4. The van der Waals surface area contributed by atoms with Gasteiger partial charge >= 0.3 is 0 Å². The second-order valence-electron chi connectivity index (χ2n) is 8.92. The third-order valence-electron chi connectivity index (χ3n) is 6.18. The van der Waals surface area contributed by atoms with Gasteiger partial charge in [0.05, 0.1) is 6.04 Å². The van der Waals surface area contributed by atoms with Crippen molar-refractivity contribution in [2.75, 3.05) is 19.6 Å². The summed E-state index contributed by atoms with van der Waals surface area (Å²) in [6.45, 7) is 9.45. The van der Waals surface area contributed by atoms with E-state index in [2.05, 4.69) is 49.9 Å². The van der Waals surface area contributed by atoms with E-state index in [4.69, 9.17) is 4.74 Å². The van der Waals surface area contributed by atoms with Gasteiger partial charge in [-0.25, -0.2) is 8.42 Å². The molecule has 162 valence electrons. The number of hydrogen-bond donors (Lipinski definition) is 0. The largest absolute Gasteiger partial charge is 0.487 e. The summed E-state index contributed by atoms with van der Waals surface area (Å²) in [7, 11) is -3.59. The van der Waals surface area contributed by atoms with Crippen LogP contribution in [0.2, 0.25) is 0 Å². The summed E-state index contributed by atoms with van der Waals surface area (Å²) in [6.07, 6.45) is 1.45. The van der Waals surface area contributed by atoms with Crippen molar-refractivity contribution in [3.05, 3.63) is 59.7 Å². The molecule has 1 fully saturated rings. The molecule has 1 saturated heterocycles. The van der Waals surface area contributed by atoms with Crippen LogP contribution in [-0.4, -0.2) is 49.4 Å². The summed E-state index contributed by atoms with van der Waals surface area (Å²) in [6, 6.07) is 15.4. The van der Waals surface area contributed by atoms with Crippen LogP contribution in [0.15, 0.2) is 53.4 Å².